The lowest BCUT2D eigenvalue weighted by atomic mass is 10.00. The van der Waals surface area contributed by atoms with E-state index in [0.29, 0.717) is 6.04 Å². The van der Waals surface area contributed by atoms with E-state index in [2.05, 4.69) is 36.5 Å². The highest BCUT2D eigenvalue weighted by Gasteiger charge is 2.09. The molecule has 0 fully saturated rings. The summed E-state index contributed by atoms with van der Waals surface area (Å²) in [6, 6.07) is 9.29. The van der Waals surface area contributed by atoms with Gasteiger partial charge >= 0.3 is 0 Å². The molecule has 0 aliphatic rings. The molecule has 2 nitrogen and oxygen atoms in total. The third-order valence-corrected chi connectivity index (χ3v) is 3.00. The van der Waals surface area contributed by atoms with Gasteiger partial charge in [0.05, 0.1) is 0 Å². The molecular weight excluding hydrogens is 210 g/mol. The Morgan fingerprint density at radius 3 is 2.76 bits per heavy atom. The van der Waals surface area contributed by atoms with E-state index < -0.39 is 0 Å². The zero-order valence-electron chi connectivity index (χ0n) is 11.3. The number of rotatable bonds is 8. The van der Waals surface area contributed by atoms with Crippen LogP contribution in [0.3, 0.4) is 0 Å². The van der Waals surface area contributed by atoms with Gasteiger partial charge in [-0.2, -0.15) is 0 Å². The monoisotopic (exact) mass is 235 g/mol. The minimum Gasteiger partial charge on any atom is -0.382 e. The van der Waals surface area contributed by atoms with E-state index in [1.54, 1.807) is 0 Å². The summed E-state index contributed by atoms with van der Waals surface area (Å²) in [5, 5.41) is 3.37. The fourth-order valence-corrected chi connectivity index (χ4v) is 2.08. The van der Waals surface area contributed by atoms with Crippen LogP contribution in [0.1, 0.15) is 43.9 Å². The predicted molar refractivity (Wildman–Crippen MR) is 73.3 cm³/mol. The Morgan fingerprint density at radius 1 is 1.29 bits per heavy atom. The van der Waals surface area contributed by atoms with E-state index >= 15 is 0 Å². The van der Waals surface area contributed by atoms with E-state index in [1.165, 1.54) is 17.5 Å². The van der Waals surface area contributed by atoms with Crippen molar-refractivity contribution >= 4 is 0 Å². The van der Waals surface area contributed by atoms with Crippen LogP contribution in [0.25, 0.3) is 0 Å². The molecule has 0 amide bonds. The number of hydrogen-bond acceptors (Lipinski definition) is 2. The maximum Gasteiger partial charge on any atom is 0.0484 e. The average molecular weight is 235 g/mol. The van der Waals surface area contributed by atoms with Gasteiger partial charge in [-0.15, -0.1) is 0 Å². The van der Waals surface area contributed by atoms with Crippen LogP contribution in [0.4, 0.5) is 0 Å². The van der Waals surface area contributed by atoms with Gasteiger partial charge in [0, 0.05) is 19.3 Å². The first-order valence-electron chi connectivity index (χ1n) is 6.65. The standard InChI is InChI=1S/C15H25NO/c1-4-7-13-8-6-9-14(12-13)15(16-3)10-11-17-5-2/h6,8-9,12,15-16H,4-5,7,10-11H2,1-3H3. The molecule has 0 saturated heterocycles. The molecule has 1 N–H and O–H groups in total. The van der Waals surface area contributed by atoms with Crippen molar-refractivity contribution in [3.8, 4) is 0 Å². The molecule has 1 atom stereocenters. The number of nitrogens with one attached hydrogen (secondary N) is 1. The number of benzene rings is 1. The van der Waals surface area contributed by atoms with Crippen LogP contribution < -0.4 is 5.32 Å². The molecule has 1 aromatic carbocycles. The normalized spacial score (nSPS) is 12.6. The van der Waals surface area contributed by atoms with E-state index in [4.69, 9.17) is 4.74 Å². The van der Waals surface area contributed by atoms with Gasteiger partial charge in [-0.05, 0) is 37.9 Å². The summed E-state index contributed by atoms with van der Waals surface area (Å²) < 4.78 is 5.43. The van der Waals surface area contributed by atoms with Gasteiger partial charge < -0.3 is 10.1 Å². The van der Waals surface area contributed by atoms with Crippen molar-refractivity contribution in [3.05, 3.63) is 35.4 Å². The molecule has 1 unspecified atom stereocenters. The maximum atomic E-state index is 5.43. The van der Waals surface area contributed by atoms with Crippen LogP contribution in [-0.2, 0) is 11.2 Å². The Balaban J connectivity index is 2.63. The summed E-state index contributed by atoms with van der Waals surface area (Å²) in [5.41, 5.74) is 2.81. The first-order chi connectivity index (χ1) is 8.31. The van der Waals surface area contributed by atoms with Crippen molar-refractivity contribution in [2.75, 3.05) is 20.3 Å². The van der Waals surface area contributed by atoms with Gasteiger partial charge in [-0.1, -0.05) is 37.6 Å². The van der Waals surface area contributed by atoms with Crippen LogP contribution in [0.5, 0.6) is 0 Å². The number of ether oxygens (including phenoxy) is 1. The second kappa shape index (κ2) is 8.26. The van der Waals surface area contributed by atoms with Gasteiger partial charge in [-0.25, -0.2) is 0 Å². The molecule has 0 heterocycles. The molecule has 0 aliphatic heterocycles. The van der Waals surface area contributed by atoms with Crippen molar-refractivity contribution in [2.24, 2.45) is 0 Å². The van der Waals surface area contributed by atoms with Gasteiger partial charge in [-0.3, -0.25) is 0 Å². The number of aryl methyl sites for hydroxylation is 1. The van der Waals surface area contributed by atoms with Crippen molar-refractivity contribution in [1.29, 1.82) is 0 Å². The predicted octanol–water partition coefficient (Wildman–Crippen LogP) is 3.33. The third-order valence-electron chi connectivity index (χ3n) is 3.00. The number of hydrogen-bond donors (Lipinski definition) is 1. The molecule has 0 aromatic heterocycles. The Kier molecular flexibility index (Phi) is 6.90. The Labute approximate surface area is 105 Å². The molecule has 0 spiro atoms. The molecule has 0 aliphatic carbocycles. The first kappa shape index (κ1) is 14.2. The average Bonchev–Trinajstić information content (AvgIpc) is 2.35. The minimum atomic E-state index is 0.401. The lowest BCUT2D eigenvalue weighted by Gasteiger charge is -2.17. The molecule has 17 heavy (non-hydrogen) atoms. The van der Waals surface area contributed by atoms with Crippen molar-refractivity contribution in [1.82, 2.24) is 5.32 Å². The summed E-state index contributed by atoms with van der Waals surface area (Å²) >= 11 is 0. The van der Waals surface area contributed by atoms with Gasteiger partial charge in [0.1, 0.15) is 0 Å². The van der Waals surface area contributed by atoms with E-state index in [0.717, 1.165) is 26.1 Å². The highest BCUT2D eigenvalue weighted by Crippen LogP contribution is 2.18. The lowest BCUT2D eigenvalue weighted by molar-refractivity contribution is 0.137. The van der Waals surface area contributed by atoms with Crippen LogP contribution in [0, 0.1) is 0 Å². The molecular formula is C15H25NO. The van der Waals surface area contributed by atoms with E-state index in [-0.39, 0.29) is 0 Å². The van der Waals surface area contributed by atoms with E-state index in [1.807, 2.05) is 14.0 Å². The minimum absolute atomic E-state index is 0.401. The smallest absolute Gasteiger partial charge is 0.0484 e. The van der Waals surface area contributed by atoms with Crippen molar-refractivity contribution in [2.45, 2.75) is 39.2 Å². The topological polar surface area (TPSA) is 21.3 Å². The van der Waals surface area contributed by atoms with Crippen LogP contribution in [0.15, 0.2) is 24.3 Å². The Hall–Kier alpha value is -0.860. The SMILES string of the molecule is CCCc1cccc(C(CCOCC)NC)c1. The lowest BCUT2D eigenvalue weighted by Crippen LogP contribution is -2.18. The Bertz CT molecular complexity index is 312. The van der Waals surface area contributed by atoms with Crippen molar-refractivity contribution < 1.29 is 4.74 Å². The molecule has 0 saturated carbocycles. The first-order valence-corrected chi connectivity index (χ1v) is 6.65. The second-order valence-electron chi connectivity index (χ2n) is 4.32. The molecule has 2 heteroatoms. The van der Waals surface area contributed by atoms with Gasteiger partial charge in [0.15, 0.2) is 0 Å². The summed E-state index contributed by atoms with van der Waals surface area (Å²) in [5.74, 6) is 0. The fourth-order valence-electron chi connectivity index (χ4n) is 2.08. The zero-order valence-corrected chi connectivity index (χ0v) is 11.3. The Morgan fingerprint density at radius 2 is 2.12 bits per heavy atom. The van der Waals surface area contributed by atoms with Crippen LogP contribution in [-0.4, -0.2) is 20.3 Å². The third kappa shape index (κ3) is 4.88. The van der Waals surface area contributed by atoms with Crippen LogP contribution >= 0.6 is 0 Å². The van der Waals surface area contributed by atoms with Crippen LogP contribution in [0.2, 0.25) is 0 Å². The quantitative estimate of drug-likeness (QED) is 0.698. The summed E-state index contributed by atoms with van der Waals surface area (Å²) in [6.45, 7) is 5.87. The van der Waals surface area contributed by atoms with E-state index in [9.17, 15) is 0 Å². The summed E-state index contributed by atoms with van der Waals surface area (Å²) in [4.78, 5) is 0. The highest BCUT2D eigenvalue weighted by atomic mass is 16.5. The largest absolute Gasteiger partial charge is 0.382 e. The second-order valence-corrected chi connectivity index (χ2v) is 4.32. The highest BCUT2D eigenvalue weighted by molar-refractivity contribution is 5.26. The molecule has 1 rings (SSSR count). The maximum absolute atomic E-state index is 5.43. The summed E-state index contributed by atoms with van der Waals surface area (Å²) in [6.07, 6.45) is 3.39. The zero-order chi connectivity index (χ0) is 12.5. The molecule has 1 aromatic rings. The fraction of sp³-hybridized carbons (Fsp3) is 0.600. The van der Waals surface area contributed by atoms with Gasteiger partial charge in [0.2, 0.25) is 0 Å². The molecule has 96 valence electrons. The molecule has 0 bridgehead atoms. The summed E-state index contributed by atoms with van der Waals surface area (Å²) in [7, 11) is 2.02. The van der Waals surface area contributed by atoms with Gasteiger partial charge in [0.25, 0.3) is 0 Å². The molecule has 0 radical (unpaired) electrons. The van der Waals surface area contributed by atoms with Crippen molar-refractivity contribution in [3.63, 3.8) is 0 Å².